The van der Waals surface area contributed by atoms with Crippen LogP contribution in [0.15, 0.2) is 48.5 Å². The normalized spacial score (nSPS) is 16.9. The summed E-state index contributed by atoms with van der Waals surface area (Å²) in [5.41, 5.74) is 4.38. The molecule has 0 aromatic heterocycles. The van der Waals surface area contributed by atoms with Gasteiger partial charge >= 0.3 is 0 Å². The summed E-state index contributed by atoms with van der Waals surface area (Å²) < 4.78 is 0. The molecular weight excluding hydrogens is 284 g/mol. The second-order valence-electron chi connectivity index (χ2n) is 6.19. The zero-order valence-electron chi connectivity index (χ0n) is 13.6. The Hall–Kier alpha value is -2.29. The molecule has 0 saturated carbocycles. The van der Waals surface area contributed by atoms with Gasteiger partial charge in [-0.2, -0.15) is 0 Å². The van der Waals surface area contributed by atoms with E-state index in [1.165, 1.54) is 24.8 Å². The molecule has 3 rings (SSSR count). The number of carbonyl (C=O) groups excluding carboxylic acids is 1. The second-order valence-corrected chi connectivity index (χ2v) is 6.19. The van der Waals surface area contributed by atoms with E-state index in [0.717, 1.165) is 23.4 Å². The highest BCUT2D eigenvalue weighted by molar-refractivity contribution is 5.96. The molecule has 0 fully saturated rings. The summed E-state index contributed by atoms with van der Waals surface area (Å²) >= 11 is 0. The number of nitrogens with one attached hydrogen (secondary N) is 2. The zero-order valence-corrected chi connectivity index (χ0v) is 13.6. The van der Waals surface area contributed by atoms with Gasteiger partial charge < -0.3 is 10.6 Å². The van der Waals surface area contributed by atoms with Gasteiger partial charge in [0.25, 0.3) is 0 Å². The van der Waals surface area contributed by atoms with Crippen molar-refractivity contribution in [1.29, 1.82) is 0 Å². The molecule has 0 bridgehead atoms. The Kier molecular flexibility index (Phi) is 4.96. The molecular formula is C20H24N2O. The number of benzene rings is 2. The van der Waals surface area contributed by atoms with Crippen molar-refractivity contribution in [2.45, 2.75) is 45.1 Å². The van der Waals surface area contributed by atoms with Crippen LogP contribution in [0, 0.1) is 0 Å². The average molecular weight is 308 g/mol. The number of fused-ring (bicyclic) bond motifs is 1. The highest BCUT2D eigenvalue weighted by Gasteiger charge is 2.21. The van der Waals surface area contributed by atoms with Crippen molar-refractivity contribution in [2.24, 2.45) is 0 Å². The smallest absolute Gasteiger partial charge is 0.226 e. The van der Waals surface area contributed by atoms with E-state index in [0.29, 0.717) is 6.42 Å². The molecule has 1 amide bonds. The summed E-state index contributed by atoms with van der Waals surface area (Å²) in [6.07, 6.45) is 5.36. The molecule has 3 heteroatoms. The molecule has 1 aliphatic rings. The summed E-state index contributed by atoms with van der Waals surface area (Å²) in [4.78, 5) is 12.1. The largest absolute Gasteiger partial charge is 0.376 e. The third kappa shape index (κ3) is 3.92. The number of hydrogen-bond acceptors (Lipinski definition) is 2. The number of aryl methyl sites for hydroxylation is 1. The van der Waals surface area contributed by atoms with Crippen LogP contribution in [0.3, 0.4) is 0 Å². The number of rotatable bonds is 5. The maximum atomic E-state index is 12.1. The van der Waals surface area contributed by atoms with Crippen molar-refractivity contribution in [3.63, 3.8) is 0 Å². The molecule has 1 atom stereocenters. The predicted octanol–water partition coefficient (Wildman–Crippen LogP) is 4.91. The Labute approximate surface area is 138 Å². The molecule has 0 radical (unpaired) electrons. The highest BCUT2D eigenvalue weighted by Crippen LogP contribution is 2.31. The quantitative estimate of drug-likeness (QED) is 0.770. The van der Waals surface area contributed by atoms with Gasteiger partial charge in [0.1, 0.15) is 0 Å². The van der Waals surface area contributed by atoms with Crippen molar-refractivity contribution in [1.82, 2.24) is 0 Å². The fraction of sp³-hybridized carbons (Fsp3) is 0.350. The van der Waals surface area contributed by atoms with E-state index in [9.17, 15) is 4.79 Å². The molecule has 1 heterocycles. The van der Waals surface area contributed by atoms with Gasteiger partial charge in [0.05, 0.1) is 23.8 Å². The van der Waals surface area contributed by atoms with Crippen LogP contribution in [0.5, 0.6) is 0 Å². The van der Waals surface area contributed by atoms with Crippen LogP contribution in [-0.4, -0.2) is 5.91 Å². The number of anilines is 2. The first-order valence-electron chi connectivity index (χ1n) is 8.50. The van der Waals surface area contributed by atoms with Gasteiger partial charge in [-0.3, -0.25) is 4.79 Å². The molecule has 23 heavy (non-hydrogen) atoms. The molecule has 1 aliphatic heterocycles. The molecule has 2 aromatic carbocycles. The van der Waals surface area contributed by atoms with Crippen molar-refractivity contribution >= 4 is 17.3 Å². The van der Waals surface area contributed by atoms with Crippen LogP contribution in [0.25, 0.3) is 0 Å². The lowest BCUT2D eigenvalue weighted by molar-refractivity contribution is -0.116. The number of hydrogen-bond donors (Lipinski definition) is 2. The average Bonchev–Trinajstić information content (AvgIpc) is 2.73. The fourth-order valence-corrected chi connectivity index (χ4v) is 3.04. The monoisotopic (exact) mass is 308 g/mol. The number of carbonyl (C=O) groups is 1. The minimum Gasteiger partial charge on any atom is -0.376 e. The lowest BCUT2D eigenvalue weighted by Crippen LogP contribution is -2.15. The van der Waals surface area contributed by atoms with Crippen molar-refractivity contribution in [3.8, 4) is 0 Å². The van der Waals surface area contributed by atoms with Crippen LogP contribution in [0.2, 0.25) is 0 Å². The lowest BCUT2D eigenvalue weighted by Gasteiger charge is -2.17. The van der Waals surface area contributed by atoms with E-state index in [1.54, 1.807) is 0 Å². The molecule has 2 N–H and O–H groups in total. The van der Waals surface area contributed by atoms with Crippen LogP contribution in [-0.2, 0) is 11.2 Å². The third-order valence-corrected chi connectivity index (χ3v) is 4.37. The predicted molar refractivity (Wildman–Crippen MR) is 95.7 cm³/mol. The first-order valence-corrected chi connectivity index (χ1v) is 8.50. The molecule has 0 aliphatic carbocycles. The Balaban J connectivity index is 1.74. The topological polar surface area (TPSA) is 41.1 Å². The van der Waals surface area contributed by atoms with E-state index in [2.05, 4.69) is 41.8 Å². The van der Waals surface area contributed by atoms with Gasteiger partial charge in [-0.1, -0.05) is 56.2 Å². The van der Waals surface area contributed by atoms with Crippen LogP contribution in [0.4, 0.5) is 11.4 Å². The summed E-state index contributed by atoms with van der Waals surface area (Å²) in [5, 5.41) is 6.46. The standard InChI is InChI=1S/C20H24N2O/c1-2-3-4-7-15-10-12-16(13-11-15)19-14-20(23)22-18-9-6-5-8-17(18)21-19/h5-6,8-13,19,21H,2-4,7,14H2,1H3,(H,22,23)/t19-/m0/s1. The second kappa shape index (κ2) is 7.32. The van der Waals surface area contributed by atoms with Crippen molar-refractivity contribution in [3.05, 3.63) is 59.7 Å². The lowest BCUT2D eigenvalue weighted by atomic mass is 9.99. The van der Waals surface area contributed by atoms with E-state index in [1.807, 2.05) is 24.3 Å². The van der Waals surface area contributed by atoms with Gasteiger partial charge in [-0.05, 0) is 36.1 Å². The zero-order chi connectivity index (χ0) is 16.1. The van der Waals surface area contributed by atoms with E-state index in [4.69, 9.17) is 0 Å². The van der Waals surface area contributed by atoms with Crippen molar-refractivity contribution in [2.75, 3.05) is 10.6 Å². The first-order chi connectivity index (χ1) is 11.3. The van der Waals surface area contributed by atoms with Crippen LogP contribution < -0.4 is 10.6 Å². The Morgan fingerprint density at radius 3 is 2.48 bits per heavy atom. The molecule has 0 unspecified atom stereocenters. The number of unbranched alkanes of at least 4 members (excludes halogenated alkanes) is 2. The van der Waals surface area contributed by atoms with Gasteiger partial charge in [-0.25, -0.2) is 0 Å². The molecule has 0 spiro atoms. The molecule has 2 aromatic rings. The Bertz CT molecular complexity index is 664. The summed E-state index contributed by atoms with van der Waals surface area (Å²) in [6.45, 7) is 2.23. The van der Waals surface area contributed by atoms with Gasteiger partial charge in [0, 0.05) is 0 Å². The van der Waals surface area contributed by atoms with Crippen molar-refractivity contribution < 1.29 is 4.79 Å². The third-order valence-electron chi connectivity index (χ3n) is 4.37. The fourth-order valence-electron chi connectivity index (χ4n) is 3.04. The Morgan fingerprint density at radius 1 is 1.00 bits per heavy atom. The van der Waals surface area contributed by atoms with Crippen LogP contribution >= 0.6 is 0 Å². The van der Waals surface area contributed by atoms with Gasteiger partial charge in [-0.15, -0.1) is 0 Å². The first kappa shape index (κ1) is 15.6. The number of para-hydroxylation sites is 2. The minimum atomic E-state index is 0.0170. The summed E-state index contributed by atoms with van der Waals surface area (Å²) in [6, 6.07) is 16.6. The minimum absolute atomic E-state index is 0.0170. The van der Waals surface area contributed by atoms with E-state index in [-0.39, 0.29) is 11.9 Å². The van der Waals surface area contributed by atoms with E-state index >= 15 is 0 Å². The summed E-state index contributed by atoms with van der Waals surface area (Å²) in [5.74, 6) is 0.0551. The molecule has 3 nitrogen and oxygen atoms in total. The SMILES string of the molecule is CCCCCc1ccc([C@@H]2CC(=O)Nc3ccccc3N2)cc1. The van der Waals surface area contributed by atoms with E-state index < -0.39 is 0 Å². The maximum Gasteiger partial charge on any atom is 0.226 e. The Morgan fingerprint density at radius 2 is 1.74 bits per heavy atom. The highest BCUT2D eigenvalue weighted by atomic mass is 16.1. The number of amides is 1. The molecule has 120 valence electrons. The maximum absolute atomic E-state index is 12.1. The van der Waals surface area contributed by atoms with Gasteiger partial charge in [0.2, 0.25) is 5.91 Å². The van der Waals surface area contributed by atoms with Crippen LogP contribution in [0.1, 0.15) is 49.8 Å². The van der Waals surface area contributed by atoms with Gasteiger partial charge in [0.15, 0.2) is 0 Å². The summed E-state index contributed by atoms with van der Waals surface area (Å²) in [7, 11) is 0. The molecule has 0 saturated heterocycles.